The first-order valence-electron chi connectivity index (χ1n) is 7.29. The first-order chi connectivity index (χ1) is 10.5. The molecule has 1 aromatic rings. The summed E-state index contributed by atoms with van der Waals surface area (Å²) in [6, 6.07) is -0.336. The summed E-state index contributed by atoms with van der Waals surface area (Å²) in [5.41, 5.74) is 0.157. The number of anilines is 1. The fourth-order valence-electron chi connectivity index (χ4n) is 2.20. The maximum atomic E-state index is 11.7. The van der Waals surface area contributed by atoms with Crippen molar-refractivity contribution in [3.05, 3.63) is 11.1 Å². The number of hydrogen-bond acceptors (Lipinski definition) is 6. The quantitative estimate of drug-likeness (QED) is 0.662. The summed E-state index contributed by atoms with van der Waals surface area (Å²) in [6.45, 7) is 0.433. The van der Waals surface area contributed by atoms with E-state index >= 15 is 0 Å². The zero-order valence-corrected chi connectivity index (χ0v) is 13.4. The number of aliphatic hydroxyl groups is 1. The monoisotopic (exact) mass is 327 g/mol. The average molecular weight is 327 g/mol. The van der Waals surface area contributed by atoms with Crippen LogP contribution < -0.4 is 10.6 Å². The number of aryl methyl sites for hydroxylation is 1. The average Bonchev–Trinajstić information content (AvgIpc) is 2.90. The van der Waals surface area contributed by atoms with Gasteiger partial charge >= 0.3 is 12.0 Å². The van der Waals surface area contributed by atoms with E-state index in [4.69, 9.17) is 0 Å². The Bertz CT molecular complexity index is 528. The molecule has 122 valence electrons. The summed E-state index contributed by atoms with van der Waals surface area (Å²) < 4.78 is 4.57. The molecule has 3 N–H and O–H groups in total. The molecule has 1 aliphatic carbocycles. The van der Waals surface area contributed by atoms with E-state index in [0.717, 1.165) is 25.0 Å². The molecule has 1 aliphatic rings. The number of hydrogen-bond donors (Lipinski definition) is 3. The number of methoxy groups -OCH3 is 1. The van der Waals surface area contributed by atoms with E-state index < -0.39 is 5.60 Å². The standard InChI is InChI=1S/C14H21N3O4S/c1-21-11(18)4-3-10-9-22-13(16-10)17-12(19)15-8-7-14(20)5-2-6-14/h9,20H,2-8H2,1H3,(H2,15,16,17,19). The Balaban J connectivity index is 1.68. The second kappa shape index (κ2) is 7.55. The summed E-state index contributed by atoms with van der Waals surface area (Å²) in [4.78, 5) is 27.0. The highest BCUT2D eigenvalue weighted by atomic mass is 32.1. The van der Waals surface area contributed by atoms with Crippen LogP contribution in [0.1, 0.15) is 37.8 Å². The lowest BCUT2D eigenvalue weighted by Gasteiger charge is -2.36. The van der Waals surface area contributed by atoms with Crippen LogP contribution in [-0.4, -0.2) is 41.3 Å². The smallest absolute Gasteiger partial charge is 0.321 e. The van der Waals surface area contributed by atoms with Gasteiger partial charge in [-0.25, -0.2) is 9.78 Å². The fourth-order valence-corrected chi connectivity index (χ4v) is 2.94. The van der Waals surface area contributed by atoms with Crippen LogP contribution in [0.4, 0.5) is 9.93 Å². The molecule has 1 fully saturated rings. The van der Waals surface area contributed by atoms with Gasteiger partial charge in [0.25, 0.3) is 0 Å². The van der Waals surface area contributed by atoms with E-state index in [0.29, 0.717) is 24.5 Å². The second-order valence-electron chi connectivity index (χ2n) is 5.43. The van der Waals surface area contributed by atoms with Crippen LogP contribution in [0.15, 0.2) is 5.38 Å². The van der Waals surface area contributed by atoms with Crippen LogP contribution >= 0.6 is 11.3 Å². The molecule has 0 bridgehead atoms. The van der Waals surface area contributed by atoms with E-state index in [2.05, 4.69) is 20.4 Å². The first kappa shape index (κ1) is 16.7. The summed E-state index contributed by atoms with van der Waals surface area (Å²) in [5.74, 6) is -0.283. The minimum Gasteiger partial charge on any atom is -0.469 e. The molecular formula is C14H21N3O4S. The van der Waals surface area contributed by atoms with Crippen LogP contribution in [0.25, 0.3) is 0 Å². The molecule has 0 aliphatic heterocycles. The summed E-state index contributed by atoms with van der Waals surface area (Å²) >= 11 is 1.31. The normalized spacial score (nSPS) is 15.7. The SMILES string of the molecule is COC(=O)CCc1csc(NC(=O)NCCC2(O)CCC2)n1. The maximum absolute atomic E-state index is 11.7. The first-order valence-corrected chi connectivity index (χ1v) is 8.17. The molecule has 0 atom stereocenters. The largest absolute Gasteiger partial charge is 0.469 e. The Morgan fingerprint density at radius 3 is 2.91 bits per heavy atom. The number of carbonyl (C=O) groups excluding carboxylic acids is 2. The highest BCUT2D eigenvalue weighted by molar-refractivity contribution is 7.13. The molecule has 0 aromatic carbocycles. The number of ether oxygens (including phenoxy) is 1. The molecule has 0 unspecified atom stereocenters. The minimum absolute atomic E-state index is 0.268. The van der Waals surface area contributed by atoms with Gasteiger partial charge in [-0.05, 0) is 25.7 Å². The van der Waals surface area contributed by atoms with Crippen molar-refractivity contribution in [3.63, 3.8) is 0 Å². The third-order valence-corrected chi connectivity index (χ3v) is 4.55. The number of thiazole rings is 1. The Labute approximate surface area is 133 Å². The second-order valence-corrected chi connectivity index (χ2v) is 6.29. The number of aromatic nitrogens is 1. The van der Waals surface area contributed by atoms with Gasteiger partial charge < -0.3 is 15.2 Å². The molecule has 0 spiro atoms. The van der Waals surface area contributed by atoms with Crippen LogP contribution in [0.3, 0.4) is 0 Å². The van der Waals surface area contributed by atoms with Crippen molar-refractivity contribution in [2.24, 2.45) is 0 Å². The molecule has 2 rings (SSSR count). The summed E-state index contributed by atoms with van der Waals surface area (Å²) in [7, 11) is 1.35. The highest BCUT2D eigenvalue weighted by Crippen LogP contribution is 2.34. The van der Waals surface area contributed by atoms with Gasteiger partial charge in [-0.15, -0.1) is 11.3 Å². The van der Waals surface area contributed by atoms with E-state index in [1.54, 1.807) is 5.38 Å². The number of rotatable bonds is 7. The van der Waals surface area contributed by atoms with Gasteiger partial charge in [-0.3, -0.25) is 10.1 Å². The predicted molar refractivity (Wildman–Crippen MR) is 82.9 cm³/mol. The topological polar surface area (TPSA) is 101 Å². The van der Waals surface area contributed by atoms with Gasteiger partial charge in [0.2, 0.25) is 0 Å². The number of nitrogens with one attached hydrogen (secondary N) is 2. The molecule has 0 radical (unpaired) electrons. The summed E-state index contributed by atoms with van der Waals surface area (Å²) in [5, 5.41) is 17.6. The van der Waals surface area contributed by atoms with Crippen molar-refractivity contribution < 1.29 is 19.4 Å². The summed E-state index contributed by atoms with van der Waals surface area (Å²) in [6.07, 6.45) is 4.00. The lowest BCUT2D eigenvalue weighted by atomic mass is 9.78. The van der Waals surface area contributed by atoms with Crippen molar-refractivity contribution in [1.29, 1.82) is 0 Å². The Morgan fingerprint density at radius 2 is 2.27 bits per heavy atom. The molecule has 1 aromatic heterocycles. The highest BCUT2D eigenvalue weighted by Gasteiger charge is 2.33. The van der Waals surface area contributed by atoms with E-state index in [1.165, 1.54) is 18.4 Å². The number of amides is 2. The zero-order valence-electron chi connectivity index (χ0n) is 12.6. The van der Waals surface area contributed by atoms with Crippen molar-refractivity contribution >= 4 is 28.5 Å². The molecule has 7 nitrogen and oxygen atoms in total. The van der Waals surface area contributed by atoms with E-state index in [-0.39, 0.29) is 18.4 Å². The van der Waals surface area contributed by atoms with Crippen LogP contribution in [-0.2, 0) is 16.0 Å². The van der Waals surface area contributed by atoms with Crippen molar-refractivity contribution in [2.75, 3.05) is 19.0 Å². The minimum atomic E-state index is -0.588. The number of nitrogens with zero attached hydrogens (tertiary/aromatic N) is 1. The lowest BCUT2D eigenvalue weighted by Crippen LogP contribution is -2.41. The lowest BCUT2D eigenvalue weighted by molar-refractivity contribution is -0.140. The van der Waals surface area contributed by atoms with Gasteiger partial charge in [0.05, 0.1) is 24.8 Å². The fraction of sp³-hybridized carbons (Fsp3) is 0.643. The zero-order chi connectivity index (χ0) is 16.0. The molecular weight excluding hydrogens is 306 g/mol. The van der Waals surface area contributed by atoms with Gasteiger partial charge in [0.1, 0.15) is 0 Å². The van der Waals surface area contributed by atoms with Crippen LogP contribution in [0.2, 0.25) is 0 Å². The van der Waals surface area contributed by atoms with Gasteiger partial charge in [-0.2, -0.15) is 0 Å². The Morgan fingerprint density at radius 1 is 1.50 bits per heavy atom. The van der Waals surface area contributed by atoms with Crippen LogP contribution in [0, 0.1) is 0 Å². The van der Waals surface area contributed by atoms with Gasteiger partial charge in [0.15, 0.2) is 5.13 Å². The van der Waals surface area contributed by atoms with Crippen molar-refractivity contribution in [2.45, 2.75) is 44.1 Å². The predicted octanol–water partition coefficient (Wildman–Crippen LogP) is 1.68. The Kier molecular flexibility index (Phi) is 5.73. The molecule has 2 amide bonds. The third-order valence-electron chi connectivity index (χ3n) is 3.75. The molecule has 8 heteroatoms. The van der Waals surface area contributed by atoms with E-state index in [9.17, 15) is 14.7 Å². The van der Waals surface area contributed by atoms with Crippen LogP contribution in [0.5, 0.6) is 0 Å². The molecule has 0 saturated heterocycles. The van der Waals surface area contributed by atoms with Crippen molar-refractivity contribution in [3.8, 4) is 0 Å². The van der Waals surface area contributed by atoms with Gasteiger partial charge in [0, 0.05) is 18.3 Å². The molecule has 1 heterocycles. The third kappa shape index (κ3) is 4.96. The number of esters is 1. The molecule has 22 heavy (non-hydrogen) atoms. The number of urea groups is 1. The maximum Gasteiger partial charge on any atom is 0.321 e. The number of carbonyl (C=O) groups is 2. The van der Waals surface area contributed by atoms with Crippen molar-refractivity contribution in [1.82, 2.24) is 10.3 Å². The van der Waals surface area contributed by atoms with E-state index in [1.807, 2.05) is 0 Å². The molecule has 1 saturated carbocycles. The Hall–Kier alpha value is -1.67. The van der Waals surface area contributed by atoms with Gasteiger partial charge in [-0.1, -0.05) is 0 Å².